The van der Waals surface area contributed by atoms with Crippen LogP contribution in [0.25, 0.3) is 0 Å². The van der Waals surface area contributed by atoms with Gasteiger partial charge in [-0.2, -0.15) is 0 Å². The highest BCUT2D eigenvalue weighted by molar-refractivity contribution is 8.00. The van der Waals surface area contributed by atoms with Crippen molar-refractivity contribution in [2.75, 3.05) is 11.1 Å². The van der Waals surface area contributed by atoms with Crippen molar-refractivity contribution in [1.82, 2.24) is 15.3 Å². The Balaban J connectivity index is 1.18. The molecule has 5 saturated carbocycles. The molecule has 2 heterocycles. The molecule has 9 heteroatoms. The van der Waals surface area contributed by atoms with E-state index in [0.29, 0.717) is 35.0 Å². The van der Waals surface area contributed by atoms with Crippen LogP contribution in [0.15, 0.2) is 6.20 Å². The molecule has 3 unspecified atom stereocenters. The fourth-order valence-corrected chi connectivity index (χ4v) is 7.95. The Bertz CT molecular complexity index is 907. The van der Waals surface area contributed by atoms with Crippen LogP contribution in [0.4, 0.5) is 5.95 Å². The van der Waals surface area contributed by atoms with Gasteiger partial charge in [-0.3, -0.25) is 4.79 Å². The van der Waals surface area contributed by atoms with Crippen molar-refractivity contribution in [3.05, 3.63) is 17.5 Å². The van der Waals surface area contributed by atoms with E-state index in [9.17, 15) is 20.1 Å². The Morgan fingerprint density at radius 2 is 1.81 bits per heavy atom. The second kappa shape index (κ2) is 7.55. The summed E-state index contributed by atoms with van der Waals surface area (Å²) in [5, 5.41) is 35.5. The first-order valence-corrected chi connectivity index (χ1v) is 13.0. The second-order valence-electron chi connectivity index (χ2n) is 10.9. The van der Waals surface area contributed by atoms with E-state index in [1.807, 2.05) is 0 Å². The molecule has 3 atom stereocenters. The maximum Gasteiger partial charge on any atom is 0.254 e. The van der Waals surface area contributed by atoms with Crippen molar-refractivity contribution >= 4 is 23.6 Å². The van der Waals surface area contributed by atoms with Gasteiger partial charge in [0.15, 0.2) is 0 Å². The maximum atomic E-state index is 13.3. The normalized spacial score (nSPS) is 39.7. The molecule has 1 amide bonds. The first kappa shape index (κ1) is 21.1. The zero-order chi connectivity index (χ0) is 22.1. The predicted octanol–water partition coefficient (Wildman–Crippen LogP) is 1.97. The molecule has 8 nitrogen and oxygen atoms in total. The van der Waals surface area contributed by atoms with Gasteiger partial charge in [0.1, 0.15) is 0 Å². The summed E-state index contributed by atoms with van der Waals surface area (Å²) in [5.74, 6) is 2.63. The van der Waals surface area contributed by atoms with E-state index >= 15 is 0 Å². The van der Waals surface area contributed by atoms with Gasteiger partial charge in [-0.25, -0.2) is 9.97 Å². The lowest BCUT2D eigenvalue weighted by Gasteiger charge is -2.58. The Labute approximate surface area is 192 Å². The molecule has 7 rings (SSSR count). The SMILES string of the molecule is O=C(N[C@H]1C2CC3CC1C[C@@](O)(C3)C2)c1cnc(NC2CCSC(O)(O)C2)nc1C1CC1. The molecule has 0 aromatic carbocycles. The standard InChI is InChI=1S/C23H32N4O4S/c28-20(26-18-14-5-12-6-15(18)9-22(29,7-12)8-14)17-11-24-21(27-19(17)13-1-2-13)25-16-3-4-32-23(30,31)10-16/h11-16,18,29-31H,1-10H2,(H,26,28)(H,24,25,27)/t12?,14?,15?,16?,18-,22+. The Morgan fingerprint density at radius 3 is 2.47 bits per heavy atom. The summed E-state index contributed by atoms with van der Waals surface area (Å²) in [6, 6.07) is 0.0166. The third-order valence-electron chi connectivity index (χ3n) is 8.21. The quantitative estimate of drug-likeness (QED) is 0.422. The van der Waals surface area contributed by atoms with Crippen LogP contribution in [0.5, 0.6) is 0 Å². The minimum absolute atomic E-state index is 0.0956. The zero-order valence-corrected chi connectivity index (χ0v) is 19.0. The predicted molar refractivity (Wildman–Crippen MR) is 120 cm³/mol. The number of carbonyl (C=O) groups is 1. The monoisotopic (exact) mass is 460 g/mol. The summed E-state index contributed by atoms with van der Waals surface area (Å²) in [4.78, 5) is 22.4. The van der Waals surface area contributed by atoms with Crippen LogP contribution in [0.2, 0.25) is 0 Å². The average molecular weight is 461 g/mol. The van der Waals surface area contributed by atoms with E-state index in [0.717, 1.165) is 68.8 Å². The average Bonchev–Trinajstić information content (AvgIpc) is 3.54. The lowest BCUT2D eigenvalue weighted by atomic mass is 9.52. The van der Waals surface area contributed by atoms with Crippen molar-refractivity contribution in [3.8, 4) is 0 Å². The number of aromatic nitrogens is 2. The number of aliphatic hydroxyl groups is 3. The van der Waals surface area contributed by atoms with Crippen LogP contribution in [0, 0.1) is 17.8 Å². The number of thioether (sulfide) groups is 1. The fraction of sp³-hybridized carbons (Fsp3) is 0.783. The Morgan fingerprint density at radius 1 is 1.06 bits per heavy atom. The number of nitrogens with one attached hydrogen (secondary N) is 2. The first-order valence-electron chi connectivity index (χ1n) is 12.0. The van der Waals surface area contributed by atoms with Gasteiger partial charge in [0, 0.05) is 36.4 Å². The van der Waals surface area contributed by atoms with Crippen molar-refractivity contribution in [3.63, 3.8) is 0 Å². The number of carbonyl (C=O) groups excluding carboxylic acids is 1. The van der Waals surface area contributed by atoms with Gasteiger partial charge in [0.25, 0.3) is 5.91 Å². The molecular formula is C23H32N4O4S. The van der Waals surface area contributed by atoms with Gasteiger partial charge < -0.3 is 26.0 Å². The summed E-state index contributed by atoms with van der Waals surface area (Å²) in [6.07, 6.45) is 9.44. The molecule has 32 heavy (non-hydrogen) atoms. The summed E-state index contributed by atoms with van der Waals surface area (Å²) >= 11 is 1.15. The molecule has 174 valence electrons. The van der Waals surface area contributed by atoms with Gasteiger partial charge in [0.2, 0.25) is 11.1 Å². The number of rotatable bonds is 5. The van der Waals surface area contributed by atoms with Crippen LogP contribution < -0.4 is 10.6 Å². The molecular weight excluding hydrogens is 428 g/mol. The molecule has 0 radical (unpaired) electrons. The first-order chi connectivity index (χ1) is 15.3. The fourth-order valence-electron chi connectivity index (χ4n) is 6.91. The zero-order valence-electron chi connectivity index (χ0n) is 18.2. The third-order valence-corrected chi connectivity index (χ3v) is 9.28. The Hall–Kier alpha value is -1.42. The minimum atomic E-state index is -1.72. The van der Waals surface area contributed by atoms with E-state index in [-0.39, 0.29) is 30.3 Å². The summed E-state index contributed by atoms with van der Waals surface area (Å²) in [6.45, 7) is 0. The van der Waals surface area contributed by atoms with Crippen molar-refractivity contribution in [2.24, 2.45) is 17.8 Å². The highest BCUT2D eigenvalue weighted by Gasteiger charge is 2.55. The number of amides is 1. The van der Waals surface area contributed by atoms with Crippen LogP contribution in [0.1, 0.15) is 79.8 Å². The summed E-state index contributed by atoms with van der Waals surface area (Å²) in [5.41, 5.74) is 0.849. The minimum Gasteiger partial charge on any atom is -0.390 e. The van der Waals surface area contributed by atoms with E-state index in [1.165, 1.54) is 0 Å². The number of anilines is 1. The number of hydrogen-bond acceptors (Lipinski definition) is 8. The topological polar surface area (TPSA) is 128 Å². The largest absolute Gasteiger partial charge is 0.390 e. The summed E-state index contributed by atoms with van der Waals surface area (Å²) < 4.78 is 0. The van der Waals surface area contributed by atoms with Gasteiger partial charge >= 0.3 is 0 Å². The van der Waals surface area contributed by atoms with Crippen LogP contribution >= 0.6 is 11.8 Å². The molecule has 4 bridgehead atoms. The van der Waals surface area contributed by atoms with Crippen LogP contribution in [-0.2, 0) is 0 Å². The van der Waals surface area contributed by atoms with Gasteiger partial charge in [-0.1, -0.05) is 11.8 Å². The molecule has 5 N–H and O–H groups in total. The second-order valence-corrected chi connectivity index (χ2v) is 12.2. The van der Waals surface area contributed by atoms with Crippen molar-refractivity contribution < 1.29 is 20.1 Å². The van der Waals surface area contributed by atoms with Crippen LogP contribution in [0.3, 0.4) is 0 Å². The highest BCUT2D eigenvalue weighted by atomic mass is 32.2. The van der Waals surface area contributed by atoms with Gasteiger partial charge in [-0.15, -0.1) is 0 Å². The molecule has 5 aliphatic carbocycles. The molecule has 0 spiro atoms. The molecule has 1 saturated heterocycles. The van der Waals surface area contributed by atoms with E-state index < -0.39 is 10.7 Å². The molecule has 6 fully saturated rings. The van der Waals surface area contributed by atoms with E-state index in [1.54, 1.807) is 6.20 Å². The van der Waals surface area contributed by atoms with Crippen molar-refractivity contribution in [2.45, 2.75) is 86.5 Å². The maximum absolute atomic E-state index is 13.3. The smallest absolute Gasteiger partial charge is 0.254 e. The Kier molecular flexibility index (Phi) is 4.99. The number of nitrogens with zero attached hydrogens (tertiary/aromatic N) is 2. The van der Waals surface area contributed by atoms with Crippen LogP contribution in [-0.4, -0.2) is 59.8 Å². The van der Waals surface area contributed by atoms with Gasteiger partial charge in [-0.05, 0) is 69.1 Å². The molecule has 1 aliphatic heterocycles. The lowest BCUT2D eigenvalue weighted by Crippen LogP contribution is -2.61. The summed E-state index contributed by atoms with van der Waals surface area (Å²) in [7, 11) is 0. The number of hydrogen-bond donors (Lipinski definition) is 5. The van der Waals surface area contributed by atoms with Gasteiger partial charge in [0.05, 0.1) is 16.9 Å². The van der Waals surface area contributed by atoms with Crippen molar-refractivity contribution in [1.29, 1.82) is 0 Å². The lowest BCUT2D eigenvalue weighted by molar-refractivity contribution is -0.136. The highest BCUT2D eigenvalue weighted by Crippen LogP contribution is 2.55. The van der Waals surface area contributed by atoms with E-state index in [4.69, 9.17) is 4.98 Å². The molecule has 6 aliphatic rings. The third kappa shape index (κ3) is 4.02. The molecule has 1 aromatic rings. The molecule has 1 aromatic heterocycles. The van der Waals surface area contributed by atoms with E-state index in [2.05, 4.69) is 15.6 Å².